The molecule has 0 aliphatic carbocycles. The molecule has 1 unspecified atom stereocenters. The van der Waals surface area contributed by atoms with E-state index in [9.17, 15) is 9.18 Å². The molecule has 106 valence electrons. The zero-order chi connectivity index (χ0) is 14.5. The number of carbonyl (C=O) groups excluding carboxylic acids is 1. The molecule has 2 aromatic rings. The number of halogens is 1. The minimum atomic E-state index is -0.501. The Morgan fingerprint density at radius 1 is 1.45 bits per heavy atom. The monoisotopic (exact) mass is 277 g/mol. The highest BCUT2D eigenvalue weighted by molar-refractivity contribution is 5.90. The summed E-state index contributed by atoms with van der Waals surface area (Å²) in [6.07, 6.45) is 2.29. The molecule has 1 atom stereocenters. The van der Waals surface area contributed by atoms with Crippen molar-refractivity contribution in [2.24, 2.45) is 0 Å². The van der Waals surface area contributed by atoms with Crippen molar-refractivity contribution in [3.63, 3.8) is 0 Å². The van der Waals surface area contributed by atoms with E-state index in [0.717, 1.165) is 12.2 Å². The van der Waals surface area contributed by atoms with Crippen LogP contribution in [0, 0.1) is 5.82 Å². The van der Waals surface area contributed by atoms with Crippen LogP contribution in [-0.2, 0) is 4.74 Å². The van der Waals surface area contributed by atoms with E-state index < -0.39 is 11.8 Å². The number of rotatable bonds is 5. The van der Waals surface area contributed by atoms with Crippen molar-refractivity contribution in [2.45, 2.75) is 19.4 Å². The number of hydrogen-bond donors (Lipinski definition) is 1. The molecule has 0 saturated carbocycles. The molecule has 0 fully saturated rings. The Kier molecular flexibility index (Phi) is 4.40. The third kappa shape index (κ3) is 2.99. The van der Waals surface area contributed by atoms with Crippen LogP contribution in [0.2, 0.25) is 0 Å². The van der Waals surface area contributed by atoms with E-state index in [1.54, 1.807) is 12.3 Å². The first-order valence-corrected chi connectivity index (χ1v) is 6.33. The fourth-order valence-electron chi connectivity index (χ4n) is 1.93. The van der Waals surface area contributed by atoms with Gasteiger partial charge in [0.25, 0.3) is 0 Å². The Hall–Kier alpha value is -2.30. The van der Waals surface area contributed by atoms with Gasteiger partial charge in [-0.15, -0.1) is 0 Å². The first-order valence-electron chi connectivity index (χ1n) is 6.33. The number of furan rings is 1. The summed E-state index contributed by atoms with van der Waals surface area (Å²) < 4.78 is 23.8. The van der Waals surface area contributed by atoms with Crippen molar-refractivity contribution in [1.29, 1.82) is 0 Å². The smallest absolute Gasteiger partial charge is 0.337 e. The maximum absolute atomic E-state index is 13.8. The van der Waals surface area contributed by atoms with Crippen molar-refractivity contribution >= 4 is 11.7 Å². The lowest BCUT2D eigenvalue weighted by atomic mass is 10.1. The van der Waals surface area contributed by atoms with Gasteiger partial charge in [0.2, 0.25) is 0 Å². The molecule has 1 aromatic heterocycles. The van der Waals surface area contributed by atoms with Gasteiger partial charge in [0.05, 0.1) is 30.7 Å². The first kappa shape index (κ1) is 14.1. The third-order valence-electron chi connectivity index (χ3n) is 3.01. The average molecular weight is 277 g/mol. The van der Waals surface area contributed by atoms with Crippen LogP contribution in [0.4, 0.5) is 10.1 Å². The van der Waals surface area contributed by atoms with Crippen LogP contribution < -0.4 is 5.32 Å². The molecule has 5 heteroatoms. The number of nitrogens with one attached hydrogen (secondary N) is 1. The summed E-state index contributed by atoms with van der Waals surface area (Å²) in [4.78, 5) is 11.5. The highest BCUT2D eigenvalue weighted by Gasteiger charge is 2.16. The standard InChI is InChI=1S/C15H16FNO3/c1-3-12(14-5-4-8-20-14)17-13-9-10(15(18)19-2)6-7-11(13)16/h4-9,12,17H,3H2,1-2H3. The van der Waals surface area contributed by atoms with Crippen LogP contribution >= 0.6 is 0 Å². The zero-order valence-corrected chi connectivity index (χ0v) is 11.4. The lowest BCUT2D eigenvalue weighted by molar-refractivity contribution is 0.0600. The number of ether oxygens (including phenoxy) is 1. The van der Waals surface area contributed by atoms with Crippen molar-refractivity contribution in [3.05, 3.63) is 53.7 Å². The molecule has 0 aliphatic heterocycles. The van der Waals surface area contributed by atoms with Crippen LogP contribution in [0.15, 0.2) is 41.0 Å². The summed E-state index contributed by atoms with van der Waals surface area (Å²) >= 11 is 0. The molecule has 1 aromatic carbocycles. The number of anilines is 1. The molecular weight excluding hydrogens is 261 g/mol. The molecule has 0 saturated heterocycles. The van der Waals surface area contributed by atoms with Crippen molar-refractivity contribution < 1.29 is 18.3 Å². The number of hydrogen-bond acceptors (Lipinski definition) is 4. The maximum Gasteiger partial charge on any atom is 0.337 e. The van der Waals surface area contributed by atoms with Gasteiger partial charge in [0, 0.05) is 0 Å². The second-order valence-corrected chi connectivity index (χ2v) is 4.31. The summed E-state index contributed by atoms with van der Waals surface area (Å²) in [5, 5.41) is 3.04. The Morgan fingerprint density at radius 2 is 2.25 bits per heavy atom. The van der Waals surface area contributed by atoms with E-state index in [1.807, 2.05) is 13.0 Å². The number of benzene rings is 1. The summed E-state index contributed by atoms with van der Waals surface area (Å²) in [5.41, 5.74) is 0.543. The van der Waals surface area contributed by atoms with E-state index in [0.29, 0.717) is 5.56 Å². The Labute approximate surface area is 116 Å². The van der Waals surface area contributed by atoms with Gasteiger partial charge in [-0.3, -0.25) is 0 Å². The fraction of sp³-hybridized carbons (Fsp3) is 0.267. The van der Waals surface area contributed by atoms with Crippen molar-refractivity contribution in [2.75, 3.05) is 12.4 Å². The quantitative estimate of drug-likeness (QED) is 0.845. The second kappa shape index (κ2) is 6.23. The molecule has 0 amide bonds. The number of carbonyl (C=O) groups is 1. The highest BCUT2D eigenvalue weighted by atomic mass is 19.1. The van der Waals surface area contributed by atoms with Crippen molar-refractivity contribution in [1.82, 2.24) is 0 Å². The van der Waals surface area contributed by atoms with Gasteiger partial charge in [-0.25, -0.2) is 9.18 Å². The normalized spacial score (nSPS) is 11.9. The van der Waals surface area contributed by atoms with Gasteiger partial charge in [-0.1, -0.05) is 6.92 Å². The molecule has 0 radical (unpaired) electrons. The van der Waals surface area contributed by atoms with E-state index in [-0.39, 0.29) is 11.7 Å². The topological polar surface area (TPSA) is 51.5 Å². The lowest BCUT2D eigenvalue weighted by Crippen LogP contribution is -2.11. The summed E-state index contributed by atoms with van der Waals surface area (Å²) in [5.74, 6) is -0.211. The number of methoxy groups -OCH3 is 1. The maximum atomic E-state index is 13.8. The molecule has 4 nitrogen and oxygen atoms in total. The molecule has 1 heterocycles. The van der Waals surface area contributed by atoms with Crippen LogP contribution in [-0.4, -0.2) is 13.1 Å². The predicted molar refractivity (Wildman–Crippen MR) is 73.1 cm³/mol. The van der Waals surface area contributed by atoms with Crippen LogP contribution in [0.1, 0.15) is 35.5 Å². The van der Waals surface area contributed by atoms with E-state index in [1.165, 1.54) is 25.3 Å². The molecular formula is C15H16FNO3. The molecule has 0 aliphatic rings. The third-order valence-corrected chi connectivity index (χ3v) is 3.01. The van der Waals surface area contributed by atoms with Gasteiger partial charge >= 0.3 is 5.97 Å². The SMILES string of the molecule is CCC(Nc1cc(C(=O)OC)ccc1F)c1ccco1. The molecule has 2 rings (SSSR count). The van der Waals surface area contributed by atoms with Crippen LogP contribution in [0.3, 0.4) is 0 Å². The van der Waals surface area contributed by atoms with Gasteiger partial charge < -0.3 is 14.5 Å². The highest BCUT2D eigenvalue weighted by Crippen LogP contribution is 2.25. The van der Waals surface area contributed by atoms with Gasteiger partial charge in [0.1, 0.15) is 11.6 Å². The Balaban J connectivity index is 2.25. The van der Waals surface area contributed by atoms with E-state index in [2.05, 4.69) is 10.1 Å². The Bertz CT molecular complexity index is 581. The van der Waals surface area contributed by atoms with Gasteiger partial charge in [0.15, 0.2) is 0 Å². The van der Waals surface area contributed by atoms with Gasteiger partial charge in [-0.2, -0.15) is 0 Å². The summed E-state index contributed by atoms with van der Waals surface area (Å²) in [7, 11) is 1.29. The molecule has 20 heavy (non-hydrogen) atoms. The van der Waals surface area contributed by atoms with E-state index >= 15 is 0 Å². The molecule has 0 bridgehead atoms. The molecule has 0 spiro atoms. The zero-order valence-electron chi connectivity index (χ0n) is 11.4. The van der Waals surface area contributed by atoms with Gasteiger partial charge in [-0.05, 0) is 36.8 Å². The Morgan fingerprint density at radius 3 is 2.85 bits per heavy atom. The van der Waals surface area contributed by atoms with E-state index in [4.69, 9.17) is 4.42 Å². The second-order valence-electron chi connectivity index (χ2n) is 4.31. The summed E-state index contributed by atoms with van der Waals surface area (Å²) in [6, 6.07) is 7.51. The van der Waals surface area contributed by atoms with Crippen molar-refractivity contribution in [3.8, 4) is 0 Å². The minimum absolute atomic E-state index is 0.160. The largest absolute Gasteiger partial charge is 0.467 e. The average Bonchev–Trinajstić information content (AvgIpc) is 2.99. The van der Waals surface area contributed by atoms with Crippen LogP contribution in [0.5, 0.6) is 0 Å². The predicted octanol–water partition coefficient (Wildman–Crippen LogP) is 3.77. The van der Waals surface area contributed by atoms with Crippen LogP contribution in [0.25, 0.3) is 0 Å². The first-order chi connectivity index (χ1) is 9.65. The fourth-order valence-corrected chi connectivity index (χ4v) is 1.93. The summed E-state index contributed by atoms with van der Waals surface area (Å²) in [6.45, 7) is 1.96. The number of esters is 1. The minimum Gasteiger partial charge on any atom is -0.467 e. The lowest BCUT2D eigenvalue weighted by Gasteiger charge is -2.17. The molecule has 1 N–H and O–H groups in total.